The highest BCUT2D eigenvalue weighted by molar-refractivity contribution is 7.80. The summed E-state index contributed by atoms with van der Waals surface area (Å²) in [7, 11) is 0. The van der Waals surface area contributed by atoms with E-state index in [2.05, 4.69) is 38.5 Å². The number of rotatable bonds is 12. The van der Waals surface area contributed by atoms with Crippen molar-refractivity contribution in [2.24, 2.45) is 11.7 Å². The summed E-state index contributed by atoms with van der Waals surface area (Å²) in [6.07, 6.45) is 3.84. The Morgan fingerprint density at radius 2 is 1.93 bits per heavy atom. The molecule has 3 amide bonds. The van der Waals surface area contributed by atoms with E-state index in [4.69, 9.17) is 10.8 Å². The first-order chi connectivity index (χ1) is 13.7. The van der Waals surface area contributed by atoms with Crippen LogP contribution in [0.15, 0.2) is 12.5 Å². The zero-order valence-corrected chi connectivity index (χ0v) is 17.2. The molecule has 0 aromatic carbocycles. The van der Waals surface area contributed by atoms with Gasteiger partial charge in [-0.1, -0.05) is 20.3 Å². The number of amides is 3. The number of carbonyl (C=O) groups is 4. The van der Waals surface area contributed by atoms with Crippen LogP contribution in [0.3, 0.4) is 0 Å². The molecule has 0 aliphatic carbocycles. The minimum Gasteiger partial charge on any atom is -0.480 e. The van der Waals surface area contributed by atoms with E-state index in [0.29, 0.717) is 12.1 Å². The van der Waals surface area contributed by atoms with Gasteiger partial charge in [0.2, 0.25) is 17.7 Å². The number of H-pyrrole nitrogens is 1. The Balaban J connectivity index is 2.76. The van der Waals surface area contributed by atoms with Crippen molar-refractivity contribution in [1.29, 1.82) is 0 Å². The van der Waals surface area contributed by atoms with E-state index >= 15 is 0 Å². The lowest BCUT2D eigenvalue weighted by molar-refractivity contribution is -0.138. The highest BCUT2D eigenvalue weighted by Crippen LogP contribution is 2.09. The highest BCUT2D eigenvalue weighted by atomic mass is 32.1. The maximum absolute atomic E-state index is 12.7. The summed E-state index contributed by atoms with van der Waals surface area (Å²) in [5.41, 5.74) is 6.60. The van der Waals surface area contributed by atoms with Gasteiger partial charge in [0.15, 0.2) is 0 Å². The Labute approximate surface area is 174 Å². The second-order valence-electron chi connectivity index (χ2n) is 6.61. The Morgan fingerprint density at radius 1 is 1.24 bits per heavy atom. The lowest BCUT2D eigenvalue weighted by atomic mass is 9.97. The third-order valence-corrected chi connectivity index (χ3v) is 4.72. The summed E-state index contributed by atoms with van der Waals surface area (Å²) >= 11 is 4.03. The van der Waals surface area contributed by atoms with Crippen LogP contribution in [0.4, 0.5) is 0 Å². The number of aliphatic carboxylic acids is 1. The van der Waals surface area contributed by atoms with E-state index in [1.54, 1.807) is 13.1 Å². The van der Waals surface area contributed by atoms with Crippen molar-refractivity contribution in [3.63, 3.8) is 0 Å². The molecular weight excluding hydrogens is 400 g/mol. The predicted octanol–water partition coefficient (Wildman–Crippen LogP) is -1.57. The fourth-order valence-corrected chi connectivity index (χ4v) is 2.69. The van der Waals surface area contributed by atoms with Crippen LogP contribution in [-0.2, 0) is 25.6 Å². The number of carboxylic acid groups (broad SMARTS) is 1. The summed E-state index contributed by atoms with van der Waals surface area (Å²) < 4.78 is 0. The average molecular weight is 429 g/mol. The van der Waals surface area contributed by atoms with Crippen LogP contribution < -0.4 is 21.7 Å². The van der Waals surface area contributed by atoms with Crippen LogP contribution in [0.2, 0.25) is 0 Å². The molecule has 7 N–H and O–H groups in total. The molecule has 162 valence electrons. The number of nitrogens with zero attached hydrogens (tertiary/aromatic N) is 1. The lowest BCUT2D eigenvalue weighted by Gasteiger charge is -2.27. The van der Waals surface area contributed by atoms with Crippen LogP contribution in [0.25, 0.3) is 0 Å². The van der Waals surface area contributed by atoms with Crippen LogP contribution in [0, 0.1) is 5.92 Å². The molecule has 0 aliphatic heterocycles. The van der Waals surface area contributed by atoms with Gasteiger partial charge < -0.3 is 31.8 Å². The molecule has 0 saturated heterocycles. The Kier molecular flexibility index (Phi) is 10.2. The molecule has 1 aromatic heterocycles. The first kappa shape index (κ1) is 24.4. The van der Waals surface area contributed by atoms with Gasteiger partial charge in [-0.05, 0) is 5.92 Å². The molecule has 0 aliphatic rings. The van der Waals surface area contributed by atoms with E-state index in [0.717, 1.165) is 0 Å². The second kappa shape index (κ2) is 12.1. The minimum atomic E-state index is -1.21. The van der Waals surface area contributed by atoms with Gasteiger partial charge in [-0.3, -0.25) is 19.2 Å². The van der Waals surface area contributed by atoms with Crippen LogP contribution >= 0.6 is 12.6 Å². The summed E-state index contributed by atoms with van der Waals surface area (Å²) in [4.78, 5) is 54.5. The molecule has 11 nitrogen and oxygen atoms in total. The fraction of sp³-hybridized carbons (Fsp3) is 0.588. The standard InChI is InChI=1S/C17H28N6O5S/c1-3-9(2)14(23-15(26)11(18)4-10-5-19-8-21-10)17(28)22-12(7-29)16(27)20-6-13(24)25/h5,8-9,11-12,14,29H,3-4,6-7,18H2,1-2H3,(H,19,21)(H,20,27)(H,22,28)(H,23,26)(H,24,25). The van der Waals surface area contributed by atoms with Gasteiger partial charge in [0.05, 0.1) is 12.4 Å². The monoisotopic (exact) mass is 428 g/mol. The van der Waals surface area contributed by atoms with Gasteiger partial charge in [-0.15, -0.1) is 0 Å². The smallest absolute Gasteiger partial charge is 0.322 e. The number of aromatic nitrogens is 2. The Morgan fingerprint density at radius 3 is 2.45 bits per heavy atom. The number of carboxylic acids is 1. The molecule has 12 heteroatoms. The van der Waals surface area contributed by atoms with Gasteiger partial charge in [-0.2, -0.15) is 12.6 Å². The number of hydrogen-bond donors (Lipinski definition) is 7. The van der Waals surface area contributed by atoms with Gasteiger partial charge in [-0.25, -0.2) is 4.98 Å². The maximum atomic E-state index is 12.7. The number of imidazole rings is 1. The molecule has 0 radical (unpaired) electrons. The molecule has 1 aromatic rings. The van der Waals surface area contributed by atoms with E-state index in [9.17, 15) is 19.2 Å². The Bertz CT molecular complexity index is 698. The third-order valence-electron chi connectivity index (χ3n) is 4.35. The second-order valence-corrected chi connectivity index (χ2v) is 6.98. The number of nitrogens with two attached hydrogens (primary N) is 1. The van der Waals surface area contributed by atoms with Crippen LogP contribution in [0.5, 0.6) is 0 Å². The summed E-state index contributed by atoms with van der Waals surface area (Å²) in [6.45, 7) is 3.06. The first-order valence-corrected chi connectivity index (χ1v) is 9.76. The normalized spacial score (nSPS) is 14.9. The fourth-order valence-electron chi connectivity index (χ4n) is 2.43. The van der Waals surface area contributed by atoms with Crippen molar-refractivity contribution >= 4 is 36.3 Å². The first-order valence-electron chi connectivity index (χ1n) is 9.13. The maximum Gasteiger partial charge on any atom is 0.322 e. The van der Waals surface area contributed by atoms with Crippen LogP contribution in [0.1, 0.15) is 26.0 Å². The van der Waals surface area contributed by atoms with E-state index in [1.165, 1.54) is 6.33 Å². The molecule has 0 saturated carbocycles. The topological polar surface area (TPSA) is 179 Å². The van der Waals surface area contributed by atoms with Gasteiger partial charge >= 0.3 is 5.97 Å². The molecule has 29 heavy (non-hydrogen) atoms. The SMILES string of the molecule is CCC(C)C(NC(=O)C(N)Cc1cnc[nH]1)C(=O)NC(CS)C(=O)NCC(=O)O. The van der Waals surface area contributed by atoms with Gasteiger partial charge in [0, 0.05) is 24.1 Å². The van der Waals surface area contributed by atoms with Gasteiger partial charge in [0.25, 0.3) is 0 Å². The average Bonchev–Trinajstić information content (AvgIpc) is 3.20. The highest BCUT2D eigenvalue weighted by Gasteiger charge is 2.30. The van der Waals surface area contributed by atoms with E-state index in [1.807, 2.05) is 6.92 Å². The van der Waals surface area contributed by atoms with Crippen molar-refractivity contribution in [3.8, 4) is 0 Å². The number of aromatic amines is 1. The van der Waals surface area contributed by atoms with Crippen molar-refractivity contribution in [2.75, 3.05) is 12.3 Å². The third kappa shape index (κ3) is 8.11. The summed E-state index contributed by atoms with van der Waals surface area (Å²) in [5, 5.41) is 16.0. The van der Waals surface area contributed by atoms with Crippen molar-refractivity contribution in [2.45, 2.75) is 44.8 Å². The molecule has 4 atom stereocenters. The predicted molar refractivity (Wildman–Crippen MR) is 108 cm³/mol. The summed E-state index contributed by atoms with van der Waals surface area (Å²) in [6, 6.07) is -2.86. The van der Waals surface area contributed by atoms with Crippen molar-refractivity contribution in [1.82, 2.24) is 25.9 Å². The van der Waals surface area contributed by atoms with Gasteiger partial charge in [0.1, 0.15) is 18.6 Å². The zero-order chi connectivity index (χ0) is 22.0. The van der Waals surface area contributed by atoms with Crippen LogP contribution in [-0.4, -0.2) is 69.2 Å². The molecular formula is C17H28N6O5S. The lowest BCUT2D eigenvalue weighted by Crippen LogP contribution is -2.58. The zero-order valence-electron chi connectivity index (χ0n) is 16.3. The molecule has 4 unspecified atom stereocenters. The number of thiol groups is 1. The molecule has 0 bridgehead atoms. The summed E-state index contributed by atoms with van der Waals surface area (Å²) in [5.74, 6) is -3.26. The van der Waals surface area contributed by atoms with Crippen molar-refractivity contribution in [3.05, 3.63) is 18.2 Å². The molecule has 0 spiro atoms. The number of nitrogens with one attached hydrogen (secondary N) is 4. The molecule has 0 fully saturated rings. The van der Waals surface area contributed by atoms with E-state index < -0.39 is 48.4 Å². The van der Waals surface area contributed by atoms with Crippen molar-refractivity contribution < 1.29 is 24.3 Å². The molecule has 1 rings (SSSR count). The Hall–Kier alpha value is -2.60. The number of hydrogen-bond acceptors (Lipinski definition) is 7. The largest absolute Gasteiger partial charge is 0.480 e. The molecule has 1 heterocycles. The number of carbonyl (C=O) groups excluding carboxylic acids is 3. The minimum absolute atomic E-state index is 0.0439. The quantitative estimate of drug-likeness (QED) is 0.196. The van der Waals surface area contributed by atoms with E-state index in [-0.39, 0.29) is 18.1 Å².